The molecule has 0 unspecified atom stereocenters. The molecule has 4 rings (SSSR count). The Bertz CT molecular complexity index is 1170. The van der Waals surface area contributed by atoms with Crippen molar-refractivity contribution in [2.24, 2.45) is 5.73 Å². The number of aliphatic hydroxyl groups is 1. The van der Waals surface area contributed by atoms with Crippen molar-refractivity contribution in [2.75, 3.05) is 42.9 Å². The van der Waals surface area contributed by atoms with Crippen LogP contribution in [0.15, 0.2) is 36.4 Å². The SMILES string of the molecule is Cc1cc2nc(NC(=O)c3ccc(C(C)(C)O)cc3)cc(N3CCN(CC(N)=O)CC3)n2n1. The molecule has 33 heavy (non-hydrogen) atoms. The molecule has 1 aliphatic heterocycles. The summed E-state index contributed by atoms with van der Waals surface area (Å²) in [7, 11) is 0. The zero-order chi connectivity index (χ0) is 23.8. The molecule has 10 nitrogen and oxygen atoms in total. The number of piperazine rings is 1. The number of hydrogen-bond acceptors (Lipinski definition) is 7. The molecule has 0 spiro atoms. The monoisotopic (exact) mass is 451 g/mol. The molecule has 3 heterocycles. The van der Waals surface area contributed by atoms with E-state index in [9.17, 15) is 14.7 Å². The molecule has 1 aromatic carbocycles. The zero-order valence-corrected chi connectivity index (χ0v) is 19.1. The first-order valence-corrected chi connectivity index (χ1v) is 10.9. The van der Waals surface area contributed by atoms with Crippen molar-refractivity contribution in [3.05, 3.63) is 53.2 Å². The number of amides is 2. The largest absolute Gasteiger partial charge is 0.386 e. The number of carbonyl (C=O) groups is 2. The van der Waals surface area contributed by atoms with Gasteiger partial charge >= 0.3 is 0 Å². The molecule has 0 saturated carbocycles. The van der Waals surface area contributed by atoms with Gasteiger partial charge in [0, 0.05) is 43.9 Å². The van der Waals surface area contributed by atoms with Crippen molar-refractivity contribution in [1.82, 2.24) is 19.5 Å². The summed E-state index contributed by atoms with van der Waals surface area (Å²) in [5.74, 6) is 0.619. The Labute approximate surface area is 192 Å². The normalized spacial score (nSPS) is 15.1. The first-order chi connectivity index (χ1) is 15.6. The number of aryl methyl sites for hydroxylation is 1. The second kappa shape index (κ2) is 8.80. The van der Waals surface area contributed by atoms with E-state index >= 15 is 0 Å². The van der Waals surface area contributed by atoms with Crippen molar-refractivity contribution in [2.45, 2.75) is 26.4 Å². The minimum atomic E-state index is -0.974. The molecule has 0 aliphatic carbocycles. The molecule has 0 bridgehead atoms. The maximum absolute atomic E-state index is 12.8. The van der Waals surface area contributed by atoms with Crippen LogP contribution >= 0.6 is 0 Å². The number of nitrogens with one attached hydrogen (secondary N) is 1. The number of primary amides is 1. The van der Waals surface area contributed by atoms with Crippen LogP contribution in [-0.4, -0.2) is 69.1 Å². The maximum Gasteiger partial charge on any atom is 0.256 e. The van der Waals surface area contributed by atoms with Gasteiger partial charge in [0.2, 0.25) is 5.91 Å². The fraction of sp³-hybridized carbons (Fsp3) is 0.391. The molecule has 3 aromatic rings. The molecule has 10 heteroatoms. The highest BCUT2D eigenvalue weighted by Gasteiger charge is 2.22. The average molecular weight is 452 g/mol. The van der Waals surface area contributed by atoms with Gasteiger partial charge in [-0.05, 0) is 38.5 Å². The highest BCUT2D eigenvalue weighted by atomic mass is 16.3. The van der Waals surface area contributed by atoms with Crippen molar-refractivity contribution in [1.29, 1.82) is 0 Å². The van der Waals surface area contributed by atoms with E-state index in [1.54, 1.807) is 42.6 Å². The summed E-state index contributed by atoms with van der Waals surface area (Å²) in [5.41, 5.74) is 7.00. The summed E-state index contributed by atoms with van der Waals surface area (Å²) in [6.07, 6.45) is 0. The van der Waals surface area contributed by atoms with Crippen LogP contribution in [0.25, 0.3) is 5.65 Å². The Morgan fingerprint density at radius 1 is 1.12 bits per heavy atom. The predicted molar refractivity (Wildman–Crippen MR) is 125 cm³/mol. The lowest BCUT2D eigenvalue weighted by Gasteiger charge is -2.35. The van der Waals surface area contributed by atoms with E-state index in [2.05, 4.69) is 20.3 Å². The van der Waals surface area contributed by atoms with E-state index < -0.39 is 5.60 Å². The Morgan fingerprint density at radius 3 is 2.39 bits per heavy atom. The van der Waals surface area contributed by atoms with Crippen LogP contribution in [0.2, 0.25) is 0 Å². The van der Waals surface area contributed by atoms with Gasteiger partial charge in [0.1, 0.15) is 11.6 Å². The van der Waals surface area contributed by atoms with Crippen molar-refractivity contribution >= 4 is 29.1 Å². The number of fused-ring (bicyclic) bond motifs is 1. The van der Waals surface area contributed by atoms with E-state index in [0.717, 1.165) is 17.1 Å². The molecule has 4 N–H and O–H groups in total. The summed E-state index contributed by atoms with van der Waals surface area (Å²) in [5, 5.41) is 17.6. The molecule has 0 radical (unpaired) electrons. The van der Waals surface area contributed by atoms with Gasteiger partial charge in [0.25, 0.3) is 5.91 Å². The van der Waals surface area contributed by atoms with E-state index in [4.69, 9.17) is 5.73 Å². The first kappa shape index (κ1) is 22.7. The lowest BCUT2D eigenvalue weighted by molar-refractivity contribution is -0.119. The third-order valence-electron chi connectivity index (χ3n) is 5.70. The third-order valence-corrected chi connectivity index (χ3v) is 5.70. The summed E-state index contributed by atoms with van der Waals surface area (Å²) in [4.78, 5) is 32.8. The molecular weight excluding hydrogens is 422 g/mol. The van der Waals surface area contributed by atoms with E-state index in [-0.39, 0.29) is 18.4 Å². The molecule has 1 aliphatic rings. The summed E-state index contributed by atoms with van der Waals surface area (Å²) in [6, 6.07) is 10.5. The number of rotatable bonds is 6. The van der Waals surface area contributed by atoms with Crippen LogP contribution < -0.4 is 16.0 Å². The predicted octanol–water partition coefficient (Wildman–Crippen LogP) is 1.12. The molecule has 174 valence electrons. The van der Waals surface area contributed by atoms with Crippen LogP contribution in [0, 0.1) is 6.92 Å². The van der Waals surface area contributed by atoms with Gasteiger partial charge in [-0.15, -0.1) is 0 Å². The standard InChI is InChI=1S/C23H29N7O3/c1-15-12-20-25-19(26-22(32)16-4-6-17(7-5-16)23(2,3)33)13-21(30(20)27-15)29-10-8-28(9-11-29)14-18(24)31/h4-7,12-13,33H,8-11,14H2,1-3H3,(H2,24,31)(H,25,26,32). The van der Waals surface area contributed by atoms with Crippen molar-refractivity contribution < 1.29 is 14.7 Å². The van der Waals surface area contributed by atoms with Gasteiger partial charge in [-0.3, -0.25) is 14.5 Å². The van der Waals surface area contributed by atoms with E-state index in [1.165, 1.54) is 0 Å². The van der Waals surface area contributed by atoms with Gasteiger partial charge in [0.15, 0.2) is 5.65 Å². The highest BCUT2D eigenvalue weighted by Crippen LogP contribution is 2.24. The summed E-state index contributed by atoms with van der Waals surface area (Å²) in [6.45, 7) is 8.31. The Hall–Kier alpha value is -3.50. The minimum Gasteiger partial charge on any atom is -0.386 e. The van der Waals surface area contributed by atoms with Gasteiger partial charge in [-0.1, -0.05) is 12.1 Å². The van der Waals surface area contributed by atoms with Crippen LogP contribution in [0.3, 0.4) is 0 Å². The van der Waals surface area contributed by atoms with Crippen molar-refractivity contribution in [3.8, 4) is 0 Å². The van der Waals surface area contributed by atoms with Crippen LogP contribution in [0.5, 0.6) is 0 Å². The van der Waals surface area contributed by atoms with Gasteiger partial charge in [0.05, 0.1) is 17.8 Å². The fourth-order valence-corrected chi connectivity index (χ4v) is 3.94. The first-order valence-electron chi connectivity index (χ1n) is 10.9. The quantitative estimate of drug-likeness (QED) is 0.512. The lowest BCUT2D eigenvalue weighted by Crippen LogP contribution is -2.49. The van der Waals surface area contributed by atoms with E-state index in [0.29, 0.717) is 43.2 Å². The molecule has 1 saturated heterocycles. The second-order valence-electron chi connectivity index (χ2n) is 8.88. The van der Waals surface area contributed by atoms with Gasteiger partial charge in [-0.2, -0.15) is 9.61 Å². The summed E-state index contributed by atoms with van der Waals surface area (Å²) >= 11 is 0. The number of nitrogens with two attached hydrogens (primary N) is 1. The Kier molecular flexibility index (Phi) is 6.05. The topological polar surface area (TPSA) is 129 Å². The third kappa shape index (κ3) is 5.12. The fourth-order valence-electron chi connectivity index (χ4n) is 3.94. The number of benzene rings is 1. The Balaban J connectivity index is 1.56. The minimum absolute atomic E-state index is 0.244. The average Bonchev–Trinajstić information content (AvgIpc) is 3.13. The smallest absolute Gasteiger partial charge is 0.256 e. The number of anilines is 2. The molecule has 1 fully saturated rings. The molecular formula is C23H29N7O3. The van der Waals surface area contributed by atoms with E-state index in [1.807, 2.05) is 24.0 Å². The number of hydrogen-bond donors (Lipinski definition) is 3. The van der Waals surface area contributed by atoms with Crippen LogP contribution in [0.4, 0.5) is 11.6 Å². The lowest BCUT2D eigenvalue weighted by atomic mass is 9.97. The van der Waals surface area contributed by atoms with Gasteiger partial charge in [-0.25, -0.2) is 4.98 Å². The molecule has 0 atom stereocenters. The number of nitrogens with zero attached hydrogens (tertiary/aromatic N) is 5. The van der Waals surface area contributed by atoms with Crippen LogP contribution in [-0.2, 0) is 10.4 Å². The highest BCUT2D eigenvalue weighted by molar-refractivity contribution is 6.04. The Morgan fingerprint density at radius 2 is 1.79 bits per heavy atom. The van der Waals surface area contributed by atoms with Crippen LogP contribution in [0.1, 0.15) is 35.5 Å². The summed E-state index contributed by atoms with van der Waals surface area (Å²) < 4.78 is 1.77. The molecule has 2 aromatic heterocycles. The van der Waals surface area contributed by atoms with Crippen molar-refractivity contribution in [3.63, 3.8) is 0 Å². The van der Waals surface area contributed by atoms with Gasteiger partial charge < -0.3 is 21.1 Å². The maximum atomic E-state index is 12.8. The number of aromatic nitrogens is 3. The zero-order valence-electron chi connectivity index (χ0n) is 19.1. The molecule has 2 amide bonds. The number of carbonyl (C=O) groups excluding carboxylic acids is 2. The second-order valence-corrected chi connectivity index (χ2v) is 8.88.